The average molecular weight is 255 g/mol. The smallest absolute Gasteiger partial charge is 0.316 e. The molecule has 0 aromatic carbocycles. The Kier molecular flexibility index (Phi) is 2.55. The zero-order valence-electron chi connectivity index (χ0n) is 9.54. The number of alkyl halides is 3. The van der Waals surface area contributed by atoms with Crippen LogP contribution in [0.5, 0.6) is 0 Å². The molecule has 18 heavy (non-hydrogen) atoms. The van der Waals surface area contributed by atoms with Crippen LogP contribution in [0.4, 0.5) is 13.2 Å². The number of pyridine rings is 1. The topological polar surface area (TPSA) is 29.3 Å². The predicted octanol–water partition coefficient (Wildman–Crippen LogP) is 2.11. The van der Waals surface area contributed by atoms with Crippen molar-refractivity contribution >= 4 is 5.65 Å². The average Bonchev–Trinajstić information content (AvgIpc) is 2.63. The van der Waals surface area contributed by atoms with Crippen molar-refractivity contribution in [2.24, 2.45) is 5.92 Å². The quantitative estimate of drug-likeness (QED) is 0.890. The maximum absolute atomic E-state index is 12.8. The van der Waals surface area contributed by atoms with E-state index in [0.717, 1.165) is 35.7 Å². The van der Waals surface area contributed by atoms with Crippen molar-refractivity contribution in [3.05, 3.63) is 35.8 Å². The summed E-state index contributed by atoms with van der Waals surface area (Å²) in [5, 5.41) is 3.14. The molecule has 0 spiro atoms. The van der Waals surface area contributed by atoms with Gasteiger partial charge in [0.25, 0.3) is 0 Å². The van der Waals surface area contributed by atoms with Crippen molar-refractivity contribution < 1.29 is 13.2 Å². The van der Waals surface area contributed by atoms with E-state index in [0.29, 0.717) is 11.6 Å². The van der Waals surface area contributed by atoms with Gasteiger partial charge in [-0.1, -0.05) is 6.07 Å². The van der Waals surface area contributed by atoms with Gasteiger partial charge in [0, 0.05) is 6.20 Å². The summed E-state index contributed by atoms with van der Waals surface area (Å²) < 4.78 is 39.6. The minimum absolute atomic E-state index is 0.354. The highest BCUT2D eigenvalue weighted by atomic mass is 19.4. The number of nitrogens with zero attached hydrogens (tertiary/aromatic N) is 2. The van der Waals surface area contributed by atoms with Crippen LogP contribution in [0.1, 0.15) is 11.4 Å². The van der Waals surface area contributed by atoms with Gasteiger partial charge >= 0.3 is 6.18 Å². The van der Waals surface area contributed by atoms with Crippen molar-refractivity contribution in [3.8, 4) is 0 Å². The minimum Gasteiger partial charge on any atom is -0.316 e. The van der Waals surface area contributed by atoms with Gasteiger partial charge < -0.3 is 5.32 Å². The van der Waals surface area contributed by atoms with Crippen LogP contribution in [0.25, 0.3) is 5.65 Å². The molecule has 0 aliphatic carbocycles. The lowest BCUT2D eigenvalue weighted by Gasteiger charge is -2.26. The van der Waals surface area contributed by atoms with Crippen molar-refractivity contribution in [1.29, 1.82) is 0 Å². The standard InChI is InChI=1S/C12H12F3N3/c13-12(14,15)10-2-1-3-11-17-9(7-18(10)11)4-8-5-16-6-8/h1-3,7-8,16H,4-6H2. The van der Waals surface area contributed by atoms with Gasteiger partial charge in [-0.15, -0.1) is 0 Å². The lowest BCUT2D eigenvalue weighted by molar-refractivity contribution is -0.142. The van der Waals surface area contributed by atoms with E-state index in [9.17, 15) is 13.2 Å². The number of halogens is 3. The summed E-state index contributed by atoms with van der Waals surface area (Å²) in [4.78, 5) is 4.24. The number of aromatic nitrogens is 2. The van der Waals surface area contributed by atoms with Gasteiger partial charge in [-0.2, -0.15) is 13.2 Å². The molecule has 3 rings (SSSR count). The van der Waals surface area contributed by atoms with Crippen LogP contribution in [-0.2, 0) is 12.6 Å². The minimum atomic E-state index is -4.35. The first kappa shape index (κ1) is 11.5. The molecular formula is C12H12F3N3. The summed E-state index contributed by atoms with van der Waals surface area (Å²) in [5.74, 6) is 0.490. The van der Waals surface area contributed by atoms with E-state index in [2.05, 4.69) is 10.3 Å². The van der Waals surface area contributed by atoms with Crippen molar-refractivity contribution in [2.45, 2.75) is 12.6 Å². The number of imidazole rings is 1. The first-order chi connectivity index (χ1) is 8.54. The molecule has 3 nitrogen and oxygen atoms in total. The van der Waals surface area contributed by atoms with Crippen LogP contribution in [0, 0.1) is 5.92 Å². The first-order valence-corrected chi connectivity index (χ1v) is 5.79. The fourth-order valence-electron chi connectivity index (χ4n) is 2.18. The Labute approximate surface area is 102 Å². The third-order valence-electron chi connectivity index (χ3n) is 3.20. The molecular weight excluding hydrogens is 243 g/mol. The summed E-state index contributed by atoms with van der Waals surface area (Å²) in [6.07, 6.45) is -2.13. The molecule has 0 atom stereocenters. The van der Waals surface area contributed by atoms with E-state index >= 15 is 0 Å². The molecule has 0 bridgehead atoms. The summed E-state index contributed by atoms with van der Waals surface area (Å²) in [6.45, 7) is 1.83. The van der Waals surface area contributed by atoms with Gasteiger partial charge in [0.2, 0.25) is 0 Å². The van der Waals surface area contributed by atoms with Crippen LogP contribution >= 0.6 is 0 Å². The molecule has 2 aromatic rings. The van der Waals surface area contributed by atoms with E-state index in [1.165, 1.54) is 12.3 Å². The molecule has 0 saturated carbocycles. The Morgan fingerprint density at radius 1 is 1.33 bits per heavy atom. The van der Waals surface area contributed by atoms with Crippen LogP contribution < -0.4 is 5.32 Å². The number of hydrogen-bond donors (Lipinski definition) is 1. The van der Waals surface area contributed by atoms with Crippen LogP contribution in [0.3, 0.4) is 0 Å². The highest BCUT2D eigenvalue weighted by molar-refractivity contribution is 5.42. The third-order valence-corrected chi connectivity index (χ3v) is 3.20. The molecule has 1 aliphatic heterocycles. The van der Waals surface area contributed by atoms with Gasteiger partial charge in [-0.25, -0.2) is 4.98 Å². The summed E-state index contributed by atoms with van der Waals surface area (Å²) >= 11 is 0. The maximum Gasteiger partial charge on any atom is 0.431 e. The van der Waals surface area contributed by atoms with E-state index < -0.39 is 11.9 Å². The van der Waals surface area contributed by atoms with Crippen molar-refractivity contribution in [1.82, 2.24) is 14.7 Å². The zero-order valence-corrected chi connectivity index (χ0v) is 9.54. The highest BCUT2D eigenvalue weighted by Crippen LogP contribution is 2.30. The second-order valence-corrected chi connectivity index (χ2v) is 4.60. The molecule has 1 saturated heterocycles. The van der Waals surface area contributed by atoms with Crippen LogP contribution in [0.2, 0.25) is 0 Å². The number of hydrogen-bond acceptors (Lipinski definition) is 2. The largest absolute Gasteiger partial charge is 0.431 e. The molecule has 3 heterocycles. The van der Waals surface area contributed by atoms with Crippen molar-refractivity contribution in [2.75, 3.05) is 13.1 Å². The summed E-state index contributed by atoms with van der Waals surface area (Å²) in [6, 6.07) is 4.06. The van der Waals surface area contributed by atoms with Gasteiger partial charge in [0.05, 0.1) is 5.69 Å². The van der Waals surface area contributed by atoms with Gasteiger partial charge in [-0.3, -0.25) is 4.40 Å². The second-order valence-electron chi connectivity index (χ2n) is 4.60. The predicted molar refractivity (Wildman–Crippen MR) is 60.3 cm³/mol. The monoisotopic (exact) mass is 255 g/mol. The van der Waals surface area contributed by atoms with Crippen molar-refractivity contribution in [3.63, 3.8) is 0 Å². The second kappa shape index (κ2) is 3.98. The molecule has 96 valence electrons. The van der Waals surface area contributed by atoms with E-state index in [-0.39, 0.29) is 0 Å². The zero-order chi connectivity index (χ0) is 12.8. The Morgan fingerprint density at radius 2 is 2.11 bits per heavy atom. The Bertz CT molecular complexity index is 569. The summed E-state index contributed by atoms with van der Waals surface area (Å²) in [7, 11) is 0. The molecule has 6 heteroatoms. The van der Waals surface area contributed by atoms with E-state index in [1.54, 1.807) is 6.07 Å². The lowest BCUT2D eigenvalue weighted by atomic mass is 9.98. The van der Waals surface area contributed by atoms with Gasteiger partial charge in [0.15, 0.2) is 0 Å². The fraction of sp³-hybridized carbons (Fsp3) is 0.417. The molecule has 1 N–H and O–H groups in total. The molecule has 1 fully saturated rings. The van der Waals surface area contributed by atoms with Gasteiger partial charge in [0.1, 0.15) is 11.3 Å². The number of fused-ring (bicyclic) bond motifs is 1. The molecule has 0 unspecified atom stereocenters. The lowest BCUT2D eigenvalue weighted by Crippen LogP contribution is -2.43. The molecule has 2 aromatic heterocycles. The van der Waals surface area contributed by atoms with Crippen LogP contribution in [0.15, 0.2) is 24.4 Å². The summed E-state index contributed by atoms with van der Waals surface area (Å²) in [5.41, 5.74) is 0.399. The first-order valence-electron chi connectivity index (χ1n) is 5.79. The SMILES string of the molecule is FC(F)(F)c1cccc2nc(CC3CNC3)cn12. The highest BCUT2D eigenvalue weighted by Gasteiger charge is 2.33. The third kappa shape index (κ3) is 1.96. The normalized spacial score (nSPS) is 17.1. The molecule has 1 aliphatic rings. The Balaban J connectivity index is 2.00. The Hall–Kier alpha value is -1.56. The molecule has 0 amide bonds. The maximum atomic E-state index is 12.8. The fourth-order valence-corrected chi connectivity index (χ4v) is 2.18. The van der Waals surface area contributed by atoms with E-state index in [4.69, 9.17) is 0 Å². The van der Waals surface area contributed by atoms with Crippen LogP contribution in [-0.4, -0.2) is 22.5 Å². The number of rotatable bonds is 2. The van der Waals surface area contributed by atoms with Gasteiger partial charge in [-0.05, 0) is 37.6 Å². The number of nitrogens with one attached hydrogen (secondary N) is 1. The Morgan fingerprint density at radius 3 is 2.72 bits per heavy atom. The molecule has 0 radical (unpaired) electrons. The van der Waals surface area contributed by atoms with E-state index in [1.807, 2.05) is 0 Å².